The third-order valence-electron chi connectivity index (χ3n) is 4.56. The van der Waals surface area contributed by atoms with E-state index in [-0.39, 0.29) is 0 Å². The molecule has 28 heavy (non-hydrogen) atoms. The van der Waals surface area contributed by atoms with Crippen molar-refractivity contribution >= 4 is 28.6 Å². The van der Waals surface area contributed by atoms with Gasteiger partial charge in [0.15, 0.2) is 11.8 Å². The maximum atomic E-state index is 4.80. The second-order valence-corrected chi connectivity index (χ2v) is 7.49. The number of nitrogens with zero attached hydrogens (tertiary/aromatic N) is 5. The minimum atomic E-state index is 0.572. The summed E-state index contributed by atoms with van der Waals surface area (Å²) in [5, 5.41) is 16.3. The summed E-state index contributed by atoms with van der Waals surface area (Å²) in [7, 11) is 1.97. The molecule has 0 spiro atoms. The van der Waals surface area contributed by atoms with Gasteiger partial charge in [0.25, 0.3) is 0 Å². The number of guanidine groups is 1. The standard InChI is InChI=1S/C20H27N7S/c1-15-25-26-19(27(15)2)14-24-20(22-10-6-12-28-3)23-13-16-9-11-21-18-8-5-4-7-17(16)18/h4-5,7-9,11H,6,10,12-14H2,1-3H3,(H2,22,23,24). The molecule has 0 atom stereocenters. The van der Waals surface area contributed by atoms with Crippen LogP contribution < -0.4 is 10.6 Å². The quantitative estimate of drug-likeness (QED) is 0.346. The van der Waals surface area contributed by atoms with Crippen LogP contribution in [0.25, 0.3) is 10.9 Å². The Bertz CT molecular complexity index is 930. The lowest BCUT2D eigenvalue weighted by molar-refractivity contribution is 0.711. The highest BCUT2D eigenvalue weighted by Crippen LogP contribution is 2.16. The van der Waals surface area contributed by atoms with Crippen LogP contribution in [0.3, 0.4) is 0 Å². The summed E-state index contributed by atoms with van der Waals surface area (Å²) in [6.45, 7) is 3.98. The summed E-state index contributed by atoms with van der Waals surface area (Å²) >= 11 is 1.85. The van der Waals surface area contributed by atoms with E-state index in [4.69, 9.17) is 4.99 Å². The summed E-state index contributed by atoms with van der Waals surface area (Å²) in [5.74, 6) is 3.68. The first kappa shape index (κ1) is 20.1. The highest BCUT2D eigenvalue weighted by molar-refractivity contribution is 7.98. The molecule has 0 saturated heterocycles. The molecule has 0 amide bonds. The third-order valence-corrected chi connectivity index (χ3v) is 5.26. The normalized spacial score (nSPS) is 11.8. The van der Waals surface area contributed by atoms with E-state index in [2.05, 4.69) is 38.1 Å². The molecule has 0 aliphatic carbocycles. The number of pyridine rings is 1. The number of para-hydroxylation sites is 1. The van der Waals surface area contributed by atoms with Crippen LogP contribution in [0.15, 0.2) is 41.5 Å². The van der Waals surface area contributed by atoms with Crippen LogP contribution in [0.4, 0.5) is 0 Å². The van der Waals surface area contributed by atoms with E-state index >= 15 is 0 Å². The van der Waals surface area contributed by atoms with E-state index in [0.717, 1.165) is 52.8 Å². The fourth-order valence-electron chi connectivity index (χ4n) is 2.82. The molecule has 0 fully saturated rings. The fraction of sp³-hybridized carbons (Fsp3) is 0.400. The number of rotatable bonds is 8. The van der Waals surface area contributed by atoms with Crippen LogP contribution >= 0.6 is 11.8 Å². The van der Waals surface area contributed by atoms with Crippen LogP contribution in [-0.2, 0) is 20.1 Å². The number of thioether (sulfide) groups is 1. The first-order valence-electron chi connectivity index (χ1n) is 9.37. The van der Waals surface area contributed by atoms with E-state index in [1.165, 1.54) is 0 Å². The number of aryl methyl sites for hydroxylation is 1. The summed E-state index contributed by atoms with van der Waals surface area (Å²) in [5.41, 5.74) is 2.15. The van der Waals surface area contributed by atoms with Crippen molar-refractivity contribution < 1.29 is 0 Å². The van der Waals surface area contributed by atoms with Gasteiger partial charge in [-0.1, -0.05) is 18.2 Å². The first-order valence-corrected chi connectivity index (χ1v) is 10.8. The predicted octanol–water partition coefficient (Wildman–Crippen LogP) is 2.66. The number of hydrogen-bond donors (Lipinski definition) is 2. The molecule has 2 heterocycles. The van der Waals surface area contributed by atoms with Gasteiger partial charge in [-0.3, -0.25) is 4.98 Å². The Labute approximate surface area is 170 Å². The third kappa shape index (κ3) is 5.22. The zero-order valence-electron chi connectivity index (χ0n) is 16.6. The van der Waals surface area contributed by atoms with Crippen LogP contribution in [0.5, 0.6) is 0 Å². The molecule has 0 aliphatic heterocycles. The number of fused-ring (bicyclic) bond motifs is 1. The Morgan fingerprint density at radius 3 is 2.82 bits per heavy atom. The number of aromatic nitrogens is 4. The van der Waals surface area contributed by atoms with Crippen molar-refractivity contribution in [3.05, 3.63) is 53.7 Å². The van der Waals surface area contributed by atoms with E-state index in [1.807, 2.05) is 60.8 Å². The van der Waals surface area contributed by atoms with Gasteiger partial charge in [0.2, 0.25) is 0 Å². The van der Waals surface area contributed by atoms with Gasteiger partial charge < -0.3 is 15.2 Å². The number of nitrogens with one attached hydrogen (secondary N) is 2. The minimum Gasteiger partial charge on any atom is -0.356 e. The molecule has 2 N–H and O–H groups in total. The van der Waals surface area contributed by atoms with Gasteiger partial charge in [-0.15, -0.1) is 10.2 Å². The van der Waals surface area contributed by atoms with Crippen molar-refractivity contribution in [1.82, 2.24) is 30.4 Å². The Balaban J connectivity index is 1.72. The molecule has 3 aromatic rings. The van der Waals surface area contributed by atoms with Crippen molar-refractivity contribution in [2.45, 2.75) is 26.4 Å². The van der Waals surface area contributed by atoms with Gasteiger partial charge in [-0.05, 0) is 43.0 Å². The maximum absolute atomic E-state index is 4.80. The Kier molecular flexibility index (Phi) is 7.25. The monoisotopic (exact) mass is 397 g/mol. The van der Waals surface area contributed by atoms with Crippen molar-refractivity contribution in [1.29, 1.82) is 0 Å². The van der Waals surface area contributed by atoms with Crippen LogP contribution in [0, 0.1) is 6.92 Å². The Hall–Kier alpha value is -2.61. The second-order valence-electron chi connectivity index (χ2n) is 6.50. The zero-order valence-corrected chi connectivity index (χ0v) is 17.5. The van der Waals surface area contributed by atoms with Crippen LogP contribution in [-0.4, -0.2) is 44.3 Å². The Morgan fingerprint density at radius 1 is 1.18 bits per heavy atom. The predicted molar refractivity (Wildman–Crippen MR) is 116 cm³/mol. The van der Waals surface area contributed by atoms with E-state index < -0.39 is 0 Å². The van der Waals surface area contributed by atoms with Gasteiger partial charge in [0.1, 0.15) is 5.82 Å². The smallest absolute Gasteiger partial charge is 0.191 e. The summed E-state index contributed by atoms with van der Waals surface area (Å²) in [6, 6.07) is 10.2. The molecule has 1 aromatic carbocycles. The number of aliphatic imine (C=N–C) groups is 1. The number of hydrogen-bond acceptors (Lipinski definition) is 5. The zero-order chi connectivity index (χ0) is 19.8. The van der Waals surface area contributed by atoms with Gasteiger partial charge in [0.05, 0.1) is 18.6 Å². The topological polar surface area (TPSA) is 80.0 Å². The van der Waals surface area contributed by atoms with Crippen molar-refractivity contribution in [2.75, 3.05) is 18.6 Å². The molecule has 0 radical (unpaired) electrons. The van der Waals surface area contributed by atoms with Crippen molar-refractivity contribution in [3.8, 4) is 0 Å². The van der Waals surface area contributed by atoms with E-state index in [9.17, 15) is 0 Å². The molecule has 7 nitrogen and oxygen atoms in total. The number of benzene rings is 1. The molecule has 0 aliphatic rings. The largest absolute Gasteiger partial charge is 0.356 e. The molecule has 0 bridgehead atoms. The lowest BCUT2D eigenvalue weighted by atomic mass is 10.1. The molecule has 3 rings (SSSR count). The molecular weight excluding hydrogens is 370 g/mol. The molecule has 0 unspecified atom stereocenters. The van der Waals surface area contributed by atoms with Gasteiger partial charge in [0, 0.05) is 25.2 Å². The molecular formula is C20H27N7S. The summed E-state index contributed by atoms with van der Waals surface area (Å²) in [4.78, 5) is 9.22. The molecule has 148 valence electrons. The summed E-state index contributed by atoms with van der Waals surface area (Å²) in [6.07, 6.45) is 5.05. The first-order chi connectivity index (χ1) is 13.7. The van der Waals surface area contributed by atoms with Gasteiger partial charge in [-0.25, -0.2) is 4.99 Å². The summed E-state index contributed by atoms with van der Waals surface area (Å²) < 4.78 is 1.98. The van der Waals surface area contributed by atoms with E-state index in [0.29, 0.717) is 13.1 Å². The average Bonchev–Trinajstić information content (AvgIpc) is 3.04. The second kappa shape index (κ2) is 10.1. The van der Waals surface area contributed by atoms with Crippen molar-refractivity contribution in [3.63, 3.8) is 0 Å². The van der Waals surface area contributed by atoms with Gasteiger partial charge in [-0.2, -0.15) is 11.8 Å². The maximum Gasteiger partial charge on any atom is 0.191 e. The molecule has 2 aromatic heterocycles. The highest BCUT2D eigenvalue weighted by atomic mass is 32.2. The fourth-order valence-corrected chi connectivity index (χ4v) is 3.26. The van der Waals surface area contributed by atoms with Crippen molar-refractivity contribution in [2.24, 2.45) is 12.0 Å². The molecule has 8 heteroatoms. The van der Waals surface area contributed by atoms with Gasteiger partial charge >= 0.3 is 0 Å². The Morgan fingerprint density at radius 2 is 2.04 bits per heavy atom. The van der Waals surface area contributed by atoms with E-state index in [1.54, 1.807) is 0 Å². The SMILES string of the molecule is CSCCCNC(=NCc1ccnc2ccccc12)NCc1nnc(C)n1C. The van der Waals surface area contributed by atoms with Crippen LogP contribution in [0.1, 0.15) is 23.6 Å². The lowest BCUT2D eigenvalue weighted by Gasteiger charge is -2.13. The minimum absolute atomic E-state index is 0.572. The lowest BCUT2D eigenvalue weighted by Crippen LogP contribution is -2.38. The average molecular weight is 398 g/mol. The van der Waals surface area contributed by atoms with Crippen LogP contribution in [0.2, 0.25) is 0 Å². The molecule has 0 saturated carbocycles. The highest BCUT2D eigenvalue weighted by Gasteiger charge is 2.07.